The summed E-state index contributed by atoms with van der Waals surface area (Å²) in [5, 5.41) is 8.67. The molecule has 0 aromatic heterocycles. The lowest BCUT2D eigenvalue weighted by Crippen LogP contribution is -2.32. The molecule has 0 bridgehead atoms. The van der Waals surface area contributed by atoms with Gasteiger partial charge in [0.2, 0.25) is 5.12 Å². The summed E-state index contributed by atoms with van der Waals surface area (Å²) < 4.78 is 0. The van der Waals surface area contributed by atoms with Crippen LogP contribution >= 0.6 is 11.8 Å². The van der Waals surface area contributed by atoms with Gasteiger partial charge in [0, 0.05) is 17.2 Å². The van der Waals surface area contributed by atoms with E-state index in [1.54, 1.807) is 6.07 Å². The van der Waals surface area contributed by atoms with Crippen LogP contribution in [0, 0.1) is 6.92 Å². The summed E-state index contributed by atoms with van der Waals surface area (Å²) in [6.45, 7) is 4.04. The van der Waals surface area contributed by atoms with Crippen LogP contribution in [0.2, 0.25) is 0 Å². The van der Waals surface area contributed by atoms with Gasteiger partial charge in [-0.2, -0.15) is 0 Å². The highest BCUT2D eigenvalue weighted by Crippen LogP contribution is 2.29. The van der Waals surface area contributed by atoms with Gasteiger partial charge in [0.15, 0.2) is 0 Å². The second kappa shape index (κ2) is 8.13. The zero-order valence-corrected chi connectivity index (χ0v) is 14.5. The molecule has 2 aromatic carbocycles. The van der Waals surface area contributed by atoms with Gasteiger partial charge in [-0.15, -0.1) is 0 Å². The van der Waals surface area contributed by atoms with Crippen molar-refractivity contribution in [2.24, 2.45) is 5.73 Å². The first-order valence-corrected chi connectivity index (χ1v) is 8.70. The molecule has 0 spiro atoms. The minimum Gasteiger partial charge on any atom is -0.480 e. The topological polar surface area (TPSA) is 80.4 Å². The molecule has 24 heavy (non-hydrogen) atoms. The number of thioether (sulfide) groups is 1. The van der Waals surface area contributed by atoms with Gasteiger partial charge in [-0.3, -0.25) is 9.59 Å². The maximum Gasteiger partial charge on any atom is 0.321 e. The third-order valence-electron chi connectivity index (χ3n) is 4.07. The van der Waals surface area contributed by atoms with Crippen molar-refractivity contribution in [2.45, 2.75) is 25.8 Å². The second-order valence-electron chi connectivity index (χ2n) is 5.70. The fourth-order valence-corrected chi connectivity index (χ4v) is 3.43. The molecule has 0 radical (unpaired) electrons. The molecule has 5 heteroatoms. The lowest BCUT2D eigenvalue weighted by molar-refractivity contribution is -0.137. The fourth-order valence-electron chi connectivity index (χ4n) is 2.58. The minimum absolute atomic E-state index is 0.0616. The highest BCUT2D eigenvalue weighted by molar-refractivity contribution is 8.14. The highest BCUT2D eigenvalue weighted by Gasteiger charge is 2.19. The molecule has 0 aliphatic carbocycles. The van der Waals surface area contributed by atoms with E-state index in [0.29, 0.717) is 5.56 Å². The molecular weight excluding hydrogens is 322 g/mol. The summed E-state index contributed by atoms with van der Waals surface area (Å²) in [6, 6.07) is 14.7. The van der Waals surface area contributed by atoms with Crippen LogP contribution in [0.4, 0.5) is 0 Å². The maximum absolute atomic E-state index is 12.4. The highest BCUT2D eigenvalue weighted by atomic mass is 32.2. The molecule has 0 aliphatic heterocycles. The van der Waals surface area contributed by atoms with E-state index in [9.17, 15) is 9.59 Å². The molecule has 0 saturated carbocycles. The first kappa shape index (κ1) is 18.2. The lowest BCUT2D eigenvalue weighted by atomic mass is 9.88. The Balaban J connectivity index is 2.21. The summed E-state index contributed by atoms with van der Waals surface area (Å²) in [5.74, 6) is -0.866. The van der Waals surface area contributed by atoms with Gasteiger partial charge in [0.05, 0.1) is 0 Å². The Hall–Kier alpha value is -2.11. The van der Waals surface area contributed by atoms with Gasteiger partial charge in [0.25, 0.3) is 0 Å². The Kier molecular flexibility index (Phi) is 6.17. The second-order valence-corrected chi connectivity index (χ2v) is 6.69. The third-order valence-corrected chi connectivity index (χ3v) is 5.08. The first-order chi connectivity index (χ1) is 11.4. The predicted octanol–water partition coefficient (Wildman–Crippen LogP) is 3.43. The summed E-state index contributed by atoms with van der Waals surface area (Å²) in [4.78, 5) is 23.2. The van der Waals surface area contributed by atoms with E-state index in [-0.39, 0.29) is 16.8 Å². The van der Waals surface area contributed by atoms with Crippen LogP contribution in [0.1, 0.15) is 39.9 Å². The Morgan fingerprint density at radius 3 is 2.42 bits per heavy atom. The molecule has 2 atom stereocenters. The Bertz CT molecular complexity index is 731. The normalized spacial score (nSPS) is 13.3. The van der Waals surface area contributed by atoms with E-state index in [1.165, 1.54) is 5.56 Å². The van der Waals surface area contributed by atoms with Crippen LogP contribution in [0.3, 0.4) is 0 Å². The van der Waals surface area contributed by atoms with Crippen LogP contribution in [0.15, 0.2) is 48.5 Å². The fraction of sp³-hybridized carbons (Fsp3) is 0.263. The summed E-state index contributed by atoms with van der Waals surface area (Å²) in [5.41, 5.74) is 9.28. The molecule has 2 rings (SSSR count). The van der Waals surface area contributed by atoms with Gasteiger partial charge in [-0.1, -0.05) is 67.2 Å². The van der Waals surface area contributed by atoms with Crippen molar-refractivity contribution in [3.8, 4) is 0 Å². The van der Waals surface area contributed by atoms with Crippen LogP contribution in [0.5, 0.6) is 0 Å². The zero-order chi connectivity index (χ0) is 17.7. The average Bonchev–Trinajstić information content (AvgIpc) is 2.59. The standard InChI is InChI=1S/C19H21NO3S/c1-12(14-7-4-3-5-8-14)15-9-6-10-16(13(15)2)19(23)24-11-17(20)18(21)22/h3-10,12,17H,11,20H2,1-2H3,(H,21,22). The quantitative estimate of drug-likeness (QED) is 0.840. The number of nitrogens with two attached hydrogens (primary N) is 1. The van der Waals surface area contributed by atoms with Gasteiger partial charge in [-0.25, -0.2) is 0 Å². The molecule has 3 N–H and O–H groups in total. The van der Waals surface area contributed by atoms with Gasteiger partial charge in [-0.05, 0) is 23.6 Å². The Morgan fingerprint density at radius 2 is 1.79 bits per heavy atom. The lowest BCUT2D eigenvalue weighted by Gasteiger charge is -2.17. The number of benzene rings is 2. The summed E-state index contributed by atoms with van der Waals surface area (Å²) >= 11 is 0.952. The number of carbonyl (C=O) groups excluding carboxylic acids is 1. The van der Waals surface area contributed by atoms with Crippen LogP contribution < -0.4 is 5.73 Å². The smallest absolute Gasteiger partial charge is 0.321 e. The molecule has 0 heterocycles. The van der Waals surface area contributed by atoms with Crippen molar-refractivity contribution in [3.63, 3.8) is 0 Å². The molecular formula is C19H21NO3S. The molecule has 4 nitrogen and oxygen atoms in total. The molecule has 2 aromatic rings. The molecule has 126 valence electrons. The number of hydrogen-bond acceptors (Lipinski definition) is 4. The van der Waals surface area contributed by atoms with Crippen molar-refractivity contribution in [1.82, 2.24) is 0 Å². The number of rotatable bonds is 6. The number of aliphatic carboxylic acids is 1. The predicted molar refractivity (Wildman–Crippen MR) is 97.5 cm³/mol. The van der Waals surface area contributed by atoms with E-state index in [4.69, 9.17) is 10.8 Å². The van der Waals surface area contributed by atoms with E-state index >= 15 is 0 Å². The third kappa shape index (κ3) is 4.24. The minimum atomic E-state index is -1.10. The van der Waals surface area contributed by atoms with Crippen LogP contribution in [-0.2, 0) is 4.79 Å². The zero-order valence-electron chi connectivity index (χ0n) is 13.7. The molecule has 2 unspecified atom stereocenters. The number of carboxylic acids is 1. The Morgan fingerprint density at radius 1 is 1.12 bits per heavy atom. The van der Waals surface area contributed by atoms with Crippen molar-refractivity contribution in [2.75, 3.05) is 5.75 Å². The van der Waals surface area contributed by atoms with E-state index < -0.39 is 12.0 Å². The average molecular weight is 343 g/mol. The first-order valence-electron chi connectivity index (χ1n) is 7.71. The summed E-state index contributed by atoms with van der Waals surface area (Å²) in [6.07, 6.45) is 0. The van der Waals surface area contributed by atoms with Crippen molar-refractivity contribution in [1.29, 1.82) is 0 Å². The maximum atomic E-state index is 12.4. The van der Waals surface area contributed by atoms with E-state index in [1.807, 2.05) is 37.3 Å². The largest absolute Gasteiger partial charge is 0.480 e. The Labute approximate surface area is 146 Å². The van der Waals surface area contributed by atoms with Gasteiger partial charge < -0.3 is 10.8 Å². The van der Waals surface area contributed by atoms with Gasteiger partial charge in [0.1, 0.15) is 6.04 Å². The van der Waals surface area contributed by atoms with Crippen molar-refractivity contribution in [3.05, 3.63) is 70.8 Å². The van der Waals surface area contributed by atoms with E-state index in [0.717, 1.165) is 22.9 Å². The molecule has 0 fully saturated rings. The monoisotopic (exact) mass is 343 g/mol. The van der Waals surface area contributed by atoms with E-state index in [2.05, 4.69) is 19.1 Å². The number of carboxylic acid groups (broad SMARTS) is 1. The molecule has 0 aliphatic rings. The number of hydrogen-bond donors (Lipinski definition) is 2. The summed E-state index contributed by atoms with van der Waals surface area (Å²) in [7, 11) is 0. The van der Waals surface area contributed by atoms with Crippen molar-refractivity contribution >= 4 is 22.8 Å². The van der Waals surface area contributed by atoms with Gasteiger partial charge >= 0.3 is 5.97 Å². The van der Waals surface area contributed by atoms with Crippen molar-refractivity contribution < 1.29 is 14.7 Å². The van der Waals surface area contributed by atoms with Crippen LogP contribution in [-0.4, -0.2) is 28.0 Å². The van der Waals surface area contributed by atoms with Crippen LogP contribution in [0.25, 0.3) is 0 Å². The SMILES string of the molecule is Cc1c(C(=O)SCC(N)C(=O)O)cccc1C(C)c1ccccc1. The number of carbonyl (C=O) groups is 2. The molecule has 0 amide bonds. The molecule has 0 saturated heterocycles.